The average Bonchev–Trinajstić information content (AvgIpc) is 2.09. The summed E-state index contributed by atoms with van der Waals surface area (Å²) in [4.78, 5) is 11.4. The minimum atomic E-state index is 0.415. The summed E-state index contributed by atoms with van der Waals surface area (Å²) < 4.78 is 0. The van der Waals surface area contributed by atoms with E-state index in [-0.39, 0.29) is 0 Å². The van der Waals surface area contributed by atoms with Crippen LogP contribution in [0.4, 0.5) is 0 Å². The summed E-state index contributed by atoms with van der Waals surface area (Å²) in [6, 6.07) is 0. The van der Waals surface area contributed by atoms with Gasteiger partial charge >= 0.3 is 0 Å². The number of halogens is 1. The third-order valence-corrected chi connectivity index (χ3v) is 3.18. The average molecular weight is 233 g/mol. The highest BCUT2D eigenvalue weighted by molar-refractivity contribution is 9.09. The molecule has 0 aromatic rings. The van der Waals surface area contributed by atoms with Crippen LogP contribution in [0, 0.1) is 5.92 Å². The lowest BCUT2D eigenvalue weighted by atomic mass is 9.85. The van der Waals surface area contributed by atoms with Gasteiger partial charge in [0.05, 0.1) is 0 Å². The molecule has 0 spiro atoms. The SMILES string of the molecule is O=C1CCCCC1CCCCBr. The van der Waals surface area contributed by atoms with Crippen LogP contribution in [0.25, 0.3) is 0 Å². The maximum absolute atomic E-state index is 11.4. The Kier molecular flexibility index (Phi) is 4.89. The first-order chi connectivity index (χ1) is 5.84. The highest BCUT2D eigenvalue weighted by Gasteiger charge is 2.20. The normalized spacial score (nSPS) is 24.4. The van der Waals surface area contributed by atoms with Crippen LogP contribution >= 0.6 is 15.9 Å². The largest absolute Gasteiger partial charge is 0.299 e. The van der Waals surface area contributed by atoms with Crippen LogP contribution < -0.4 is 0 Å². The van der Waals surface area contributed by atoms with Crippen molar-refractivity contribution in [3.63, 3.8) is 0 Å². The Hall–Kier alpha value is 0.150. The molecule has 1 nitrogen and oxygen atoms in total. The number of carbonyl (C=O) groups is 1. The number of unbranched alkanes of at least 4 members (excludes halogenated alkanes) is 1. The Morgan fingerprint density at radius 3 is 2.83 bits per heavy atom. The molecule has 70 valence electrons. The van der Waals surface area contributed by atoms with Gasteiger partial charge in [-0.05, 0) is 25.7 Å². The highest BCUT2D eigenvalue weighted by Crippen LogP contribution is 2.24. The maximum Gasteiger partial charge on any atom is 0.135 e. The molecule has 1 aliphatic rings. The number of hydrogen-bond acceptors (Lipinski definition) is 1. The molecule has 1 aliphatic carbocycles. The Bertz CT molecular complexity index is 145. The molecule has 1 fully saturated rings. The van der Waals surface area contributed by atoms with Gasteiger partial charge in [-0.2, -0.15) is 0 Å². The molecular weight excluding hydrogens is 216 g/mol. The monoisotopic (exact) mass is 232 g/mol. The minimum absolute atomic E-state index is 0.415. The van der Waals surface area contributed by atoms with Crippen molar-refractivity contribution in [2.45, 2.75) is 44.9 Å². The molecule has 1 unspecified atom stereocenters. The van der Waals surface area contributed by atoms with E-state index in [4.69, 9.17) is 0 Å². The second kappa shape index (κ2) is 5.74. The smallest absolute Gasteiger partial charge is 0.135 e. The molecule has 0 N–H and O–H groups in total. The van der Waals surface area contributed by atoms with E-state index in [1.54, 1.807) is 0 Å². The molecule has 0 aliphatic heterocycles. The van der Waals surface area contributed by atoms with E-state index in [2.05, 4.69) is 15.9 Å². The fourth-order valence-electron chi connectivity index (χ4n) is 1.85. The number of ketones is 1. The third-order valence-electron chi connectivity index (χ3n) is 2.62. The number of alkyl halides is 1. The topological polar surface area (TPSA) is 17.1 Å². The first-order valence-corrected chi connectivity index (χ1v) is 6.05. The van der Waals surface area contributed by atoms with Crippen molar-refractivity contribution in [2.24, 2.45) is 5.92 Å². The van der Waals surface area contributed by atoms with Crippen molar-refractivity contribution in [3.8, 4) is 0 Å². The fraction of sp³-hybridized carbons (Fsp3) is 0.900. The zero-order valence-corrected chi connectivity index (χ0v) is 9.11. The fourth-order valence-corrected chi connectivity index (χ4v) is 2.24. The first kappa shape index (κ1) is 10.2. The maximum atomic E-state index is 11.4. The lowest BCUT2D eigenvalue weighted by Gasteiger charge is -2.19. The standard InChI is InChI=1S/C10H17BrO/c11-8-4-3-6-9-5-1-2-7-10(9)12/h9H,1-8H2. The van der Waals surface area contributed by atoms with E-state index < -0.39 is 0 Å². The molecule has 0 amide bonds. The van der Waals surface area contributed by atoms with Crippen LogP contribution in [0.3, 0.4) is 0 Å². The van der Waals surface area contributed by atoms with E-state index in [1.807, 2.05) is 0 Å². The molecule has 0 bridgehead atoms. The second-order valence-electron chi connectivity index (χ2n) is 3.59. The van der Waals surface area contributed by atoms with Gasteiger partial charge < -0.3 is 0 Å². The summed E-state index contributed by atoms with van der Waals surface area (Å²) in [5.74, 6) is 0.939. The predicted molar refractivity (Wildman–Crippen MR) is 54.6 cm³/mol. The van der Waals surface area contributed by atoms with Gasteiger partial charge in [0.2, 0.25) is 0 Å². The zero-order chi connectivity index (χ0) is 8.81. The molecule has 1 rings (SSSR count). The summed E-state index contributed by atoms with van der Waals surface area (Å²) in [6.07, 6.45) is 7.95. The van der Waals surface area contributed by atoms with Crippen LogP contribution in [0.5, 0.6) is 0 Å². The summed E-state index contributed by atoms with van der Waals surface area (Å²) in [5, 5.41) is 1.08. The number of carbonyl (C=O) groups excluding carboxylic acids is 1. The molecule has 1 saturated carbocycles. The van der Waals surface area contributed by atoms with Crippen LogP contribution in [-0.4, -0.2) is 11.1 Å². The summed E-state index contributed by atoms with van der Waals surface area (Å²) in [5.41, 5.74) is 0. The molecule has 12 heavy (non-hydrogen) atoms. The van der Waals surface area contributed by atoms with Crippen molar-refractivity contribution >= 4 is 21.7 Å². The number of hydrogen-bond donors (Lipinski definition) is 0. The Labute approximate surface area is 83.0 Å². The Morgan fingerprint density at radius 2 is 2.17 bits per heavy atom. The lowest BCUT2D eigenvalue weighted by Crippen LogP contribution is -2.18. The van der Waals surface area contributed by atoms with E-state index in [9.17, 15) is 4.79 Å². The van der Waals surface area contributed by atoms with Crippen LogP contribution in [0.15, 0.2) is 0 Å². The van der Waals surface area contributed by atoms with Crippen molar-refractivity contribution in [1.82, 2.24) is 0 Å². The van der Waals surface area contributed by atoms with Crippen molar-refractivity contribution < 1.29 is 4.79 Å². The molecule has 2 heteroatoms. The van der Waals surface area contributed by atoms with Gasteiger partial charge in [-0.15, -0.1) is 0 Å². The van der Waals surface area contributed by atoms with Gasteiger partial charge in [-0.25, -0.2) is 0 Å². The lowest BCUT2D eigenvalue weighted by molar-refractivity contribution is -0.124. The van der Waals surface area contributed by atoms with Gasteiger partial charge in [-0.1, -0.05) is 28.8 Å². The molecular formula is C10H17BrO. The van der Waals surface area contributed by atoms with Crippen LogP contribution in [-0.2, 0) is 4.79 Å². The van der Waals surface area contributed by atoms with Gasteiger partial charge in [0.1, 0.15) is 5.78 Å². The molecule has 1 atom stereocenters. The quantitative estimate of drug-likeness (QED) is 0.537. The van der Waals surface area contributed by atoms with Crippen molar-refractivity contribution in [2.75, 3.05) is 5.33 Å². The van der Waals surface area contributed by atoms with Crippen molar-refractivity contribution in [1.29, 1.82) is 0 Å². The Morgan fingerprint density at radius 1 is 1.33 bits per heavy atom. The summed E-state index contributed by atoms with van der Waals surface area (Å²) in [7, 11) is 0. The molecule has 0 heterocycles. The molecule has 0 radical (unpaired) electrons. The Balaban J connectivity index is 2.16. The number of Topliss-reactive ketones (excluding diaryl/α,β-unsaturated/α-hetero) is 1. The van der Waals surface area contributed by atoms with Crippen LogP contribution in [0.2, 0.25) is 0 Å². The van der Waals surface area contributed by atoms with E-state index in [0.717, 1.165) is 31.0 Å². The van der Waals surface area contributed by atoms with E-state index in [1.165, 1.54) is 19.3 Å². The minimum Gasteiger partial charge on any atom is -0.299 e. The third kappa shape index (κ3) is 3.26. The molecule has 0 aromatic carbocycles. The molecule has 0 aromatic heterocycles. The van der Waals surface area contributed by atoms with Crippen LogP contribution in [0.1, 0.15) is 44.9 Å². The first-order valence-electron chi connectivity index (χ1n) is 4.93. The van der Waals surface area contributed by atoms with E-state index in [0.29, 0.717) is 11.7 Å². The predicted octanol–water partition coefficient (Wildman–Crippen LogP) is 3.31. The summed E-state index contributed by atoms with van der Waals surface area (Å²) in [6.45, 7) is 0. The molecule has 0 saturated heterocycles. The zero-order valence-electron chi connectivity index (χ0n) is 7.52. The van der Waals surface area contributed by atoms with Crippen molar-refractivity contribution in [3.05, 3.63) is 0 Å². The van der Waals surface area contributed by atoms with Gasteiger partial charge in [0.15, 0.2) is 0 Å². The number of rotatable bonds is 4. The summed E-state index contributed by atoms with van der Waals surface area (Å²) >= 11 is 3.40. The highest BCUT2D eigenvalue weighted by atomic mass is 79.9. The van der Waals surface area contributed by atoms with E-state index >= 15 is 0 Å². The van der Waals surface area contributed by atoms with Gasteiger partial charge in [-0.3, -0.25) is 4.79 Å². The van der Waals surface area contributed by atoms with Gasteiger partial charge in [0.25, 0.3) is 0 Å². The second-order valence-corrected chi connectivity index (χ2v) is 4.39. The van der Waals surface area contributed by atoms with Gasteiger partial charge in [0, 0.05) is 17.7 Å².